The summed E-state index contributed by atoms with van der Waals surface area (Å²) in [4.78, 5) is 4.30. The molecule has 2 aliphatic carbocycles. The van der Waals surface area contributed by atoms with E-state index in [2.05, 4.69) is 10.7 Å². The number of rotatable bonds is 2. The molecule has 1 aromatic rings. The lowest BCUT2D eigenvalue weighted by Crippen LogP contribution is -2.13. The van der Waals surface area contributed by atoms with Gasteiger partial charge in [0.1, 0.15) is 0 Å². The van der Waals surface area contributed by atoms with Crippen LogP contribution in [-0.4, -0.2) is 18.2 Å². The Bertz CT molecular complexity index is 538. The third-order valence-corrected chi connectivity index (χ3v) is 3.60. The van der Waals surface area contributed by atoms with Crippen LogP contribution in [0.25, 0.3) is 5.57 Å². The molecule has 2 nitrogen and oxygen atoms in total. The van der Waals surface area contributed by atoms with Crippen molar-refractivity contribution >= 4 is 5.57 Å². The van der Waals surface area contributed by atoms with E-state index >= 15 is 0 Å². The largest absolute Gasteiger partial charge is 0.412 e. The first-order chi connectivity index (χ1) is 10.0. The normalized spacial score (nSPS) is 18.3. The summed E-state index contributed by atoms with van der Waals surface area (Å²) in [6.45, 7) is 0. The summed E-state index contributed by atoms with van der Waals surface area (Å²) in [5.74, 6) is 0.614. The van der Waals surface area contributed by atoms with Gasteiger partial charge in [-0.3, -0.25) is 4.98 Å². The number of aromatic nitrogens is 1. The summed E-state index contributed by atoms with van der Waals surface area (Å²) < 4.78 is 38.1. The van der Waals surface area contributed by atoms with Crippen LogP contribution in [0.1, 0.15) is 42.9 Å². The Kier molecular flexibility index (Phi) is 4.83. The van der Waals surface area contributed by atoms with Gasteiger partial charge in [0, 0.05) is 11.8 Å². The number of nitrogens with two attached hydrogens (primary N) is 1. The fraction of sp³-hybridized carbons (Fsp3) is 0.438. The first kappa shape index (κ1) is 15.8. The highest BCUT2D eigenvalue weighted by atomic mass is 19.4. The molecule has 0 spiro atoms. The van der Waals surface area contributed by atoms with Crippen LogP contribution in [-0.2, 0) is 0 Å². The molecule has 1 heterocycles. The summed E-state index contributed by atoms with van der Waals surface area (Å²) in [5.41, 5.74) is 6.45. The minimum Gasteiger partial charge on any atom is -0.333 e. The minimum absolute atomic E-state index is 0.0627. The Morgan fingerprint density at radius 1 is 1.19 bits per heavy atom. The molecule has 0 radical (unpaired) electrons. The molecule has 0 aliphatic heterocycles. The molecule has 2 aliphatic rings. The number of alkyl halides is 3. The van der Waals surface area contributed by atoms with Gasteiger partial charge in [0.05, 0.1) is 5.69 Å². The zero-order valence-corrected chi connectivity index (χ0v) is 12.0. The summed E-state index contributed by atoms with van der Waals surface area (Å²) in [5, 5.41) is 0. The van der Waals surface area contributed by atoms with Crippen LogP contribution >= 0.6 is 0 Å². The van der Waals surface area contributed by atoms with Crippen molar-refractivity contribution < 1.29 is 13.2 Å². The van der Waals surface area contributed by atoms with Gasteiger partial charge in [-0.05, 0) is 61.9 Å². The smallest absolute Gasteiger partial charge is 0.333 e. The van der Waals surface area contributed by atoms with Gasteiger partial charge in [0.25, 0.3) is 0 Å². The van der Waals surface area contributed by atoms with E-state index in [4.69, 9.17) is 0 Å². The average Bonchev–Trinajstić information content (AvgIpc) is 3.34. The van der Waals surface area contributed by atoms with Crippen LogP contribution in [0.4, 0.5) is 13.2 Å². The number of hydrogen-bond donors (Lipinski definition) is 1. The number of nitrogens with zero attached hydrogens (tertiary/aromatic N) is 1. The third kappa shape index (κ3) is 3.94. The van der Waals surface area contributed by atoms with E-state index in [9.17, 15) is 13.2 Å². The number of hydrogen-bond acceptors (Lipinski definition) is 2. The Morgan fingerprint density at radius 2 is 1.90 bits per heavy atom. The standard InChI is InChI=1S/C15H14F3N.CH5N/c16-15(17,18)13-3-1-2-11(8-13)14-7-6-12(9-19-14)10-4-5-10;1-2/h2,6-10H,1,3-5H2;2H2,1H3. The Morgan fingerprint density at radius 3 is 2.43 bits per heavy atom. The molecule has 0 bridgehead atoms. The molecule has 2 N–H and O–H groups in total. The quantitative estimate of drug-likeness (QED) is 0.888. The van der Waals surface area contributed by atoms with Crippen molar-refractivity contribution in [1.82, 2.24) is 4.98 Å². The van der Waals surface area contributed by atoms with Crippen molar-refractivity contribution in [2.24, 2.45) is 5.73 Å². The fourth-order valence-electron chi connectivity index (χ4n) is 2.34. The van der Waals surface area contributed by atoms with Gasteiger partial charge >= 0.3 is 6.18 Å². The van der Waals surface area contributed by atoms with Crippen LogP contribution in [0.5, 0.6) is 0 Å². The second kappa shape index (κ2) is 6.43. The summed E-state index contributed by atoms with van der Waals surface area (Å²) in [6.07, 6.45) is 3.50. The molecular formula is C16H19F3N2. The van der Waals surface area contributed by atoms with Crippen molar-refractivity contribution in [3.8, 4) is 0 Å². The van der Waals surface area contributed by atoms with E-state index in [-0.39, 0.29) is 6.42 Å². The van der Waals surface area contributed by atoms with Gasteiger partial charge < -0.3 is 5.73 Å². The lowest BCUT2D eigenvalue weighted by molar-refractivity contribution is -0.0939. The van der Waals surface area contributed by atoms with E-state index in [0.717, 1.165) is 0 Å². The zero-order valence-electron chi connectivity index (χ0n) is 12.0. The molecule has 0 saturated heterocycles. The van der Waals surface area contributed by atoms with E-state index in [1.54, 1.807) is 6.20 Å². The molecule has 0 aromatic carbocycles. The van der Waals surface area contributed by atoms with Crippen LogP contribution in [0.3, 0.4) is 0 Å². The molecular weight excluding hydrogens is 277 g/mol. The van der Waals surface area contributed by atoms with Gasteiger partial charge in [-0.2, -0.15) is 13.2 Å². The molecule has 0 atom stereocenters. The second-order valence-electron chi connectivity index (χ2n) is 5.12. The fourth-order valence-corrected chi connectivity index (χ4v) is 2.34. The molecule has 1 aromatic heterocycles. The molecule has 1 fully saturated rings. The van der Waals surface area contributed by atoms with Gasteiger partial charge in [0.15, 0.2) is 0 Å². The highest BCUT2D eigenvalue weighted by molar-refractivity contribution is 5.73. The van der Waals surface area contributed by atoms with Crippen molar-refractivity contribution in [3.05, 3.63) is 47.3 Å². The summed E-state index contributed by atoms with van der Waals surface area (Å²) >= 11 is 0. The first-order valence-electron chi connectivity index (χ1n) is 7.06. The van der Waals surface area contributed by atoms with Crippen LogP contribution in [0.15, 0.2) is 36.1 Å². The van der Waals surface area contributed by atoms with Crippen LogP contribution in [0.2, 0.25) is 0 Å². The van der Waals surface area contributed by atoms with Crippen molar-refractivity contribution in [1.29, 1.82) is 0 Å². The third-order valence-electron chi connectivity index (χ3n) is 3.60. The highest BCUT2D eigenvalue weighted by Gasteiger charge is 2.34. The SMILES string of the molecule is CN.FC(F)(F)C1=CC(c2ccc(C3CC3)cn2)=CCC1. The van der Waals surface area contributed by atoms with Crippen molar-refractivity contribution in [2.45, 2.75) is 37.8 Å². The monoisotopic (exact) mass is 296 g/mol. The highest BCUT2D eigenvalue weighted by Crippen LogP contribution is 2.40. The Balaban J connectivity index is 0.000000774. The zero-order chi connectivity index (χ0) is 15.5. The maximum atomic E-state index is 12.7. The van der Waals surface area contributed by atoms with Gasteiger partial charge in [-0.25, -0.2) is 0 Å². The van der Waals surface area contributed by atoms with Crippen molar-refractivity contribution in [3.63, 3.8) is 0 Å². The maximum absolute atomic E-state index is 12.7. The van der Waals surface area contributed by atoms with Crippen LogP contribution < -0.4 is 5.73 Å². The summed E-state index contributed by atoms with van der Waals surface area (Å²) in [6, 6.07) is 3.81. The lowest BCUT2D eigenvalue weighted by atomic mass is 9.96. The van der Waals surface area contributed by atoms with Gasteiger partial charge in [0.2, 0.25) is 0 Å². The molecule has 3 rings (SSSR count). The van der Waals surface area contributed by atoms with Gasteiger partial charge in [-0.15, -0.1) is 0 Å². The lowest BCUT2D eigenvalue weighted by Gasteiger charge is -2.16. The van der Waals surface area contributed by atoms with E-state index < -0.39 is 11.7 Å². The molecule has 0 unspecified atom stereocenters. The number of halogens is 3. The van der Waals surface area contributed by atoms with E-state index in [1.807, 2.05) is 18.2 Å². The Labute approximate surface area is 122 Å². The topological polar surface area (TPSA) is 38.9 Å². The predicted octanol–water partition coefficient (Wildman–Crippen LogP) is 4.20. The molecule has 1 saturated carbocycles. The van der Waals surface area contributed by atoms with Crippen LogP contribution in [0, 0.1) is 0 Å². The van der Waals surface area contributed by atoms with E-state index in [1.165, 1.54) is 31.5 Å². The minimum atomic E-state index is -4.23. The molecule has 21 heavy (non-hydrogen) atoms. The summed E-state index contributed by atoms with van der Waals surface area (Å²) in [7, 11) is 1.50. The Hall–Kier alpha value is -1.62. The first-order valence-corrected chi connectivity index (χ1v) is 7.06. The molecule has 0 amide bonds. The number of allylic oxidation sites excluding steroid dienone is 4. The molecule has 5 heteroatoms. The van der Waals surface area contributed by atoms with Gasteiger partial charge in [-0.1, -0.05) is 12.1 Å². The predicted molar refractivity (Wildman–Crippen MR) is 77.7 cm³/mol. The van der Waals surface area contributed by atoms with E-state index in [0.29, 0.717) is 23.6 Å². The van der Waals surface area contributed by atoms with Crippen molar-refractivity contribution in [2.75, 3.05) is 7.05 Å². The average molecular weight is 296 g/mol. The maximum Gasteiger partial charge on any atom is 0.412 e. The second-order valence-corrected chi connectivity index (χ2v) is 5.12. The number of pyridine rings is 1. The molecule has 114 valence electrons.